The molecule has 0 spiro atoms. The number of hydrogen-bond donors (Lipinski definition) is 2. The van der Waals surface area contributed by atoms with Gasteiger partial charge in [-0.05, 0) is 19.2 Å². The smallest absolute Gasteiger partial charge is 0.241 e. The molecule has 0 saturated heterocycles. The van der Waals surface area contributed by atoms with E-state index in [4.69, 9.17) is 0 Å². The van der Waals surface area contributed by atoms with Crippen molar-refractivity contribution in [1.29, 1.82) is 0 Å². The Morgan fingerprint density at radius 1 is 1.37 bits per heavy atom. The summed E-state index contributed by atoms with van der Waals surface area (Å²) in [6.07, 6.45) is 2.96. The number of nitrogens with one attached hydrogen (secondary N) is 2. The van der Waals surface area contributed by atoms with Crippen LogP contribution in [0.1, 0.15) is 10.6 Å². The van der Waals surface area contributed by atoms with Crippen molar-refractivity contribution in [1.82, 2.24) is 20.0 Å². The van der Waals surface area contributed by atoms with E-state index in [9.17, 15) is 8.42 Å². The first kappa shape index (κ1) is 14.1. The zero-order valence-electron chi connectivity index (χ0n) is 10.3. The molecule has 0 aliphatic heterocycles. The van der Waals surface area contributed by atoms with Crippen molar-refractivity contribution in [3.8, 4) is 0 Å². The Balaban J connectivity index is 2.05. The van der Waals surface area contributed by atoms with Gasteiger partial charge in [-0.1, -0.05) is 0 Å². The first-order valence-corrected chi connectivity index (χ1v) is 7.94. The molecule has 6 nitrogen and oxygen atoms in total. The van der Waals surface area contributed by atoms with Gasteiger partial charge < -0.3 is 5.32 Å². The molecule has 0 radical (unpaired) electrons. The molecule has 0 aromatic carbocycles. The monoisotopic (exact) mass is 298 g/mol. The molecular weight excluding hydrogens is 284 g/mol. The number of hydrogen-bond acceptors (Lipinski definition) is 6. The van der Waals surface area contributed by atoms with Crippen LogP contribution in [0.25, 0.3) is 0 Å². The molecule has 0 aliphatic carbocycles. The molecule has 8 heteroatoms. The SMILES string of the molecule is CNCc1cc(S(=O)(=O)NCc2ccncn2)cs1. The normalized spacial score (nSPS) is 11.6. The zero-order valence-corrected chi connectivity index (χ0v) is 12.0. The van der Waals surface area contributed by atoms with Crippen molar-refractivity contribution >= 4 is 21.4 Å². The van der Waals surface area contributed by atoms with Crippen molar-refractivity contribution in [2.24, 2.45) is 0 Å². The van der Waals surface area contributed by atoms with Crippen LogP contribution in [0.15, 0.2) is 34.9 Å². The van der Waals surface area contributed by atoms with Crippen molar-refractivity contribution in [3.05, 3.63) is 40.6 Å². The molecule has 2 N–H and O–H groups in total. The highest BCUT2D eigenvalue weighted by Crippen LogP contribution is 2.19. The third-order valence-corrected chi connectivity index (χ3v) is 4.84. The van der Waals surface area contributed by atoms with Gasteiger partial charge in [0.15, 0.2) is 0 Å². The molecule has 0 unspecified atom stereocenters. The number of rotatable bonds is 6. The maximum absolute atomic E-state index is 12.1. The van der Waals surface area contributed by atoms with Crippen molar-refractivity contribution in [2.45, 2.75) is 18.0 Å². The molecule has 0 aliphatic rings. The molecule has 2 aromatic rings. The van der Waals surface area contributed by atoms with E-state index < -0.39 is 10.0 Å². The van der Waals surface area contributed by atoms with Crippen molar-refractivity contribution in [2.75, 3.05) is 7.05 Å². The maximum Gasteiger partial charge on any atom is 0.241 e. The summed E-state index contributed by atoms with van der Waals surface area (Å²) in [7, 11) is -1.66. The minimum Gasteiger partial charge on any atom is -0.315 e. The quantitative estimate of drug-likeness (QED) is 0.821. The van der Waals surface area contributed by atoms with Crippen LogP contribution in [0, 0.1) is 0 Å². The summed E-state index contributed by atoms with van der Waals surface area (Å²) in [5, 5.41) is 4.62. The maximum atomic E-state index is 12.1. The van der Waals surface area contributed by atoms with E-state index in [2.05, 4.69) is 20.0 Å². The van der Waals surface area contributed by atoms with Gasteiger partial charge in [0.05, 0.1) is 17.1 Å². The average molecular weight is 298 g/mol. The molecule has 19 heavy (non-hydrogen) atoms. The molecule has 0 atom stereocenters. The first-order valence-electron chi connectivity index (χ1n) is 5.58. The van der Waals surface area contributed by atoms with E-state index >= 15 is 0 Å². The summed E-state index contributed by atoms with van der Waals surface area (Å²) >= 11 is 1.42. The highest BCUT2D eigenvalue weighted by atomic mass is 32.2. The van der Waals surface area contributed by atoms with E-state index in [1.807, 2.05) is 7.05 Å². The average Bonchev–Trinajstić information content (AvgIpc) is 2.88. The lowest BCUT2D eigenvalue weighted by atomic mass is 10.4. The molecular formula is C11H14N4O2S2. The summed E-state index contributed by atoms with van der Waals surface area (Å²) in [6.45, 7) is 0.814. The Bertz CT molecular complexity index is 625. The van der Waals surface area contributed by atoms with Crippen LogP contribution in [0.3, 0.4) is 0 Å². The van der Waals surface area contributed by atoms with Gasteiger partial charge in [0, 0.05) is 23.0 Å². The van der Waals surface area contributed by atoms with Gasteiger partial charge in [-0.25, -0.2) is 23.1 Å². The lowest BCUT2D eigenvalue weighted by Gasteiger charge is -2.03. The van der Waals surface area contributed by atoms with E-state index in [0.717, 1.165) is 4.88 Å². The molecule has 2 aromatic heterocycles. The Morgan fingerprint density at radius 2 is 2.21 bits per heavy atom. The van der Waals surface area contributed by atoms with Crippen LogP contribution >= 0.6 is 11.3 Å². The van der Waals surface area contributed by atoms with Crippen LogP contribution in [0.5, 0.6) is 0 Å². The summed E-state index contributed by atoms with van der Waals surface area (Å²) in [5.74, 6) is 0. The fraction of sp³-hybridized carbons (Fsp3) is 0.273. The van der Waals surface area contributed by atoms with Crippen LogP contribution in [-0.2, 0) is 23.1 Å². The lowest BCUT2D eigenvalue weighted by Crippen LogP contribution is -2.23. The Kier molecular flexibility index (Phi) is 4.59. The second-order valence-corrected chi connectivity index (χ2v) is 6.57. The summed E-state index contributed by atoms with van der Waals surface area (Å²) in [6, 6.07) is 3.34. The highest BCUT2D eigenvalue weighted by molar-refractivity contribution is 7.89. The molecule has 2 rings (SSSR count). The molecule has 0 amide bonds. The van der Waals surface area contributed by atoms with Crippen LogP contribution in [0.4, 0.5) is 0 Å². The van der Waals surface area contributed by atoms with Gasteiger partial charge in [0.1, 0.15) is 6.33 Å². The largest absolute Gasteiger partial charge is 0.315 e. The van der Waals surface area contributed by atoms with E-state index in [1.54, 1.807) is 23.7 Å². The second kappa shape index (κ2) is 6.20. The second-order valence-electron chi connectivity index (χ2n) is 3.80. The van der Waals surface area contributed by atoms with Gasteiger partial charge in [-0.15, -0.1) is 11.3 Å². The van der Waals surface area contributed by atoms with Gasteiger partial charge in [-0.2, -0.15) is 0 Å². The Labute approximate surface area is 116 Å². The van der Waals surface area contributed by atoms with E-state index in [-0.39, 0.29) is 11.4 Å². The molecule has 0 bridgehead atoms. The number of thiophene rings is 1. The summed E-state index contributed by atoms with van der Waals surface area (Å²) in [5.41, 5.74) is 0.629. The topological polar surface area (TPSA) is 84.0 Å². The molecule has 2 heterocycles. The van der Waals surface area contributed by atoms with Gasteiger partial charge >= 0.3 is 0 Å². The number of aromatic nitrogens is 2. The molecule has 102 valence electrons. The number of nitrogens with zero attached hydrogens (tertiary/aromatic N) is 2. The minimum absolute atomic E-state index is 0.155. The van der Waals surface area contributed by atoms with Gasteiger partial charge in [0.2, 0.25) is 10.0 Å². The van der Waals surface area contributed by atoms with Crippen LogP contribution < -0.4 is 10.0 Å². The predicted octanol–water partition coefficient (Wildman–Crippen LogP) is 0.736. The van der Waals surface area contributed by atoms with Gasteiger partial charge in [0.25, 0.3) is 0 Å². The highest BCUT2D eigenvalue weighted by Gasteiger charge is 2.15. The fourth-order valence-corrected chi connectivity index (χ4v) is 3.73. The van der Waals surface area contributed by atoms with Crippen LogP contribution in [0.2, 0.25) is 0 Å². The number of sulfonamides is 1. The van der Waals surface area contributed by atoms with Crippen molar-refractivity contribution < 1.29 is 8.42 Å². The molecule has 0 fully saturated rings. The van der Waals surface area contributed by atoms with E-state index in [0.29, 0.717) is 12.2 Å². The lowest BCUT2D eigenvalue weighted by molar-refractivity contribution is 0.580. The first-order chi connectivity index (χ1) is 9.12. The third-order valence-electron chi connectivity index (χ3n) is 2.38. The van der Waals surface area contributed by atoms with Crippen LogP contribution in [-0.4, -0.2) is 25.4 Å². The fourth-order valence-electron chi connectivity index (χ4n) is 1.44. The Morgan fingerprint density at radius 3 is 2.89 bits per heavy atom. The third kappa shape index (κ3) is 3.80. The summed E-state index contributed by atoms with van der Waals surface area (Å²) < 4.78 is 26.6. The van der Waals surface area contributed by atoms with Crippen molar-refractivity contribution in [3.63, 3.8) is 0 Å². The molecule has 0 saturated carbocycles. The van der Waals surface area contributed by atoms with Gasteiger partial charge in [-0.3, -0.25) is 0 Å². The predicted molar refractivity (Wildman–Crippen MR) is 73.1 cm³/mol. The summed E-state index contributed by atoms with van der Waals surface area (Å²) in [4.78, 5) is 9.01. The zero-order chi connectivity index (χ0) is 13.7. The Hall–Kier alpha value is -1.35. The standard InChI is InChI=1S/C11H14N4O2S2/c1-12-6-10-4-11(7-18-10)19(16,17)15-5-9-2-3-13-8-14-9/h2-4,7-8,12,15H,5-6H2,1H3. The minimum atomic E-state index is -3.48. The van der Waals surface area contributed by atoms with E-state index in [1.165, 1.54) is 17.7 Å².